The molecule has 5 rings (SSSR count). The number of benzene rings is 2. The van der Waals surface area contributed by atoms with Crippen molar-refractivity contribution < 1.29 is 13.6 Å². The molecule has 1 amide bonds. The van der Waals surface area contributed by atoms with Crippen LogP contribution in [0.4, 0.5) is 10.4 Å². The van der Waals surface area contributed by atoms with Gasteiger partial charge in [0, 0.05) is 42.1 Å². The molecule has 180 valence electrons. The van der Waals surface area contributed by atoms with E-state index in [2.05, 4.69) is 27.2 Å². The molecule has 0 radical (unpaired) electrons. The van der Waals surface area contributed by atoms with Crippen molar-refractivity contribution in [2.24, 2.45) is 5.92 Å². The summed E-state index contributed by atoms with van der Waals surface area (Å²) >= 11 is 6.05. The standard InChI is InChI=1S/C26H25ClFN5O2/c1-15-5-3-10-33(22(15)14-31-26-32-21-7-6-17(27)12-23(21)35-26)25(34)19-13-20(28)16(2)11-18(19)24-29-8-4-9-30-24/h4,6-9,11-13,15,22H,3,5,10,14H2,1-2H3,(H,31,32)/t15-,22-/m1/s1. The lowest BCUT2D eigenvalue weighted by molar-refractivity contribution is 0.0539. The minimum Gasteiger partial charge on any atom is -0.424 e. The van der Waals surface area contributed by atoms with E-state index in [9.17, 15) is 9.18 Å². The molecular formula is C26H25ClFN5O2. The van der Waals surface area contributed by atoms with Gasteiger partial charge in [-0.15, -0.1) is 0 Å². The number of nitrogens with one attached hydrogen (secondary N) is 1. The summed E-state index contributed by atoms with van der Waals surface area (Å²) in [6, 6.07) is 10.2. The highest BCUT2D eigenvalue weighted by Gasteiger charge is 2.34. The van der Waals surface area contributed by atoms with Crippen molar-refractivity contribution in [1.82, 2.24) is 19.9 Å². The van der Waals surface area contributed by atoms with E-state index in [1.807, 2.05) is 4.90 Å². The molecule has 0 bridgehead atoms. The first kappa shape index (κ1) is 23.2. The fraction of sp³-hybridized carbons (Fsp3) is 0.308. The van der Waals surface area contributed by atoms with Gasteiger partial charge in [0.1, 0.15) is 11.3 Å². The Morgan fingerprint density at radius 3 is 2.86 bits per heavy atom. The Morgan fingerprint density at radius 2 is 2.06 bits per heavy atom. The largest absolute Gasteiger partial charge is 0.424 e. The average molecular weight is 494 g/mol. The summed E-state index contributed by atoms with van der Waals surface area (Å²) < 4.78 is 20.4. The Bertz CT molecular complexity index is 1380. The Hall–Kier alpha value is -3.52. The van der Waals surface area contributed by atoms with Gasteiger partial charge in [-0.1, -0.05) is 18.5 Å². The van der Waals surface area contributed by atoms with E-state index in [0.29, 0.717) is 52.2 Å². The zero-order chi connectivity index (χ0) is 24.5. The van der Waals surface area contributed by atoms with Gasteiger partial charge in [-0.05, 0) is 61.6 Å². The van der Waals surface area contributed by atoms with E-state index >= 15 is 0 Å². The van der Waals surface area contributed by atoms with Gasteiger partial charge < -0.3 is 14.6 Å². The van der Waals surface area contributed by atoms with E-state index in [-0.39, 0.29) is 23.4 Å². The normalized spacial score (nSPS) is 18.1. The monoisotopic (exact) mass is 493 g/mol. The fourth-order valence-corrected chi connectivity index (χ4v) is 4.78. The van der Waals surface area contributed by atoms with Crippen molar-refractivity contribution >= 4 is 34.6 Å². The number of fused-ring (bicyclic) bond motifs is 1. The Labute approximate surface area is 207 Å². The Morgan fingerprint density at radius 1 is 1.26 bits per heavy atom. The molecule has 0 saturated carbocycles. The molecule has 2 aromatic carbocycles. The van der Waals surface area contributed by atoms with Crippen LogP contribution in [0, 0.1) is 18.7 Å². The maximum atomic E-state index is 14.6. The minimum atomic E-state index is -0.432. The lowest BCUT2D eigenvalue weighted by atomic mass is 9.89. The number of aryl methyl sites for hydroxylation is 1. The predicted molar refractivity (Wildman–Crippen MR) is 133 cm³/mol. The number of likely N-dealkylation sites (tertiary alicyclic amines) is 1. The van der Waals surface area contributed by atoms with E-state index in [1.165, 1.54) is 6.07 Å². The third-order valence-corrected chi connectivity index (χ3v) is 6.76. The molecule has 0 aliphatic carbocycles. The summed E-state index contributed by atoms with van der Waals surface area (Å²) in [4.78, 5) is 28.7. The number of aromatic nitrogens is 3. The zero-order valence-corrected chi connectivity index (χ0v) is 20.2. The fourth-order valence-electron chi connectivity index (χ4n) is 4.61. The minimum absolute atomic E-state index is 0.135. The number of amides is 1. The second-order valence-electron chi connectivity index (χ2n) is 8.92. The van der Waals surface area contributed by atoms with Crippen LogP contribution in [0.5, 0.6) is 0 Å². The van der Waals surface area contributed by atoms with Crippen LogP contribution in [0.15, 0.2) is 53.2 Å². The van der Waals surface area contributed by atoms with E-state index < -0.39 is 5.82 Å². The molecular weight excluding hydrogens is 469 g/mol. The van der Waals surface area contributed by atoms with Crippen molar-refractivity contribution in [3.05, 3.63) is 70.8 Å². The molecule has 9 heteroatoms. The Balaban J connectivity index is 1.43. The molecule has 3 heterocycles. The van der Waals surface area contributed by atoms with Gasteiger partial charge in [-0.3, -0.25) is 4.79 Å². The summed E-state index contributed by atoms with van der Waals surface area (Å²) in [5.74, 6) is -0.0542. The van der Waals surface area contributed by atoms with Crippen molar-refractivity contribution in [2.45, 2.75) is 32.7 Å². The van der Waals surface area contributed by atoms with Gasteiger partial charge in [0.05, 0.1) is 11.6 Å². The number of oxazole rings is 1. The van der Waals surface area contributed by atoms with Gasteiger partial charge in [0.2, 0.25) is 0 Å². The summed E-state index contributed by atoms with van der Waals surface area (Å²) in [5, 5.41) is 3.81. The predicted octanol–water partition coefficient (Wildman–Crippen LogP) is 5.74. The first-order chi connectivity index (χ1) is 16.9. The summed E-state index contributed by atoms with van der Waals surface area (Å²) in [5.41, 5.74) is 2.51. The highest BCUT2D eigenvalue weighted by atomic mass is 35.5. The molecule has 1 aliphatic rings. The van der Waals surface area contributed by atoms with Gasteiger partial charge in [-0.2, -0.15) is 4.98 Å². The molecule has 1 saturated heterocycles. The molecule has 2 aromatic heterocycles. The summed E-state index contributed by atoms with van der Waals surface area (Å²) in [7, 11) is 0. The number of anilines is 1. The summed E-state index contributed by atoms with van der Waals surface area (Å²) in [6.07, 6.45) is 5.07. The number of carbonyl (C=O) groups excluding carboxylic acids is 1. The molecule has 0 unspecified atom stereocenters. The van der Waals surface area contributed by atoms with Crippen LogP contribution >= 0.6 is 11.6 Å². The number of carbonyl (C=O) groups is 1. The topological polar surface area (TPSA) is 84.2 Å². The second kappa shape index (κ2) is 9.62. The maximum absolute atomic E-state index is 14.6. The summed E-state index contributed by atoms with van der Waals surface area (Å²) in [6.45, 7) is 4.80. The first-order valence-corrected chi connectivity index (χ1v) is 12.0. The highest BCUT2D eigenvalue weighted by molar-refractivity contribution is 6.31. The number of nitrogens with zero attached hydrogens (tertiary/aromatic N) is 4. The number of hydrogen-bond acceptors (Lipinski definition) is 6. The number of hydrogen-bond donors (Lipinski definition) is 1. The lowest BCUT2D eigenvalue weighted by Crippen LogP contribution is -2.51. The lowest BCUT2D eigenvalue weighted by Gasteiger charge is -2.40. The molecule has 7 nitrogen and oxygen atoms in total. The van der Waals surface area contributed by atoms with E-state index in [0.717, 1.165) is 12.8 Å². The van der Waals surface area contributed by atoms with E-state index in [1.54, 1.807) is 49.6 Å². The number of halogens is 2. The van der Waals surface area contributed by atoms with Gasteiger partial charge >= 0.3 is 0 Å². The smallest absolute Gasteiger partial charge is 0.295 e. The van der Waals surface area contributed by atoms with Gasteiger partial charge in [-0.25, -0.2) is 14.4 Å². The van der Waals surface area contributed by atoms with Crippen LogP contribution in [-0.4, -0.2) is 44.9 Å². The van der Waals surface area contributed by atoms with Crippen LogP contribution in [0.25, 0.3) is 22.5 Å². The van der Waals surface area contributed by atoms with Crippen LogP contribution in [0.2, 0.25) is 5.02 Å². The van der Waals surface area contributed by atoms with Crippen LogP contribution in [-0.2, 0) is 0 Å². The SMILES string of the molecule is Cc1cc(-c2ncccn2)c(C(=O)N2CCC[C@@H](C)[C@H]2CNc2nc3ccc(Cl)cc3o2)cc1F. The molecule has 1 N–H and O–H groups in total. The van der Waals surface area contributed by atoms with Crippen molar-refractivity contribution in [2.75, 3.05) is 18.4 Å². The first-order valence-electron chi connectivity index (χ1n) is 11.6. The van der Waals surface area contributed by atoms with Crippen molar-refractivity contribution in [1.29, 1.82) is 0 Å². The number of rotatable bonds is 5. The molecule has 2 atom stereocenters. The van der Waals surface area contributed by atoms with Crippen molar-refractivity contribution in [3.8, 4) is 11.4 Å². The van der Waals surface area contributed by atoms with E-state index in [4.69, 9.17) is 16.0 Å². The zero-order valence-electron chi connectivity index (χ0n) is 19.5. The molecule has 1 fully saturated rings. The van der Waals surface area contributed by atoms with Crippen LogP contribution in [0.1, 0.15) is 35.7 Å². The molecule has 4 aromatic rings. The third kappa shape index (κ3) is 4.71. The van der Waals surface area contributed by atoms with Gasteiger partial charge in [0.25, 0.3) is 11.9 Å². The van der Waals surface area contributed by atoms with Crippen LogP contribution < -0.4 is 5.32 Å². The molecule has 0 spiro atoms. The maximum Gasteiger partial charge on any atom is 0.295 e. The van der Waals surface area contributed by atoms with Crippen molar-refractivity contribution in [3.63, 3.8) is 0 Å². The third-order valence-electron chi connectivity index (χ3n) is 6.53. The van der Waals surface area contributed by atoms with Gasteiger partial charge in [0.15, 0.2) is 11.4 Å². The highest BCUT2D eigenvalue weighted by Crippen LogP contribution is 2.30. The Kier molecular flexibility index (Phi) is 6.38. The molecule has 1 aliphatic heterocycles. The molecule has 35 heavy (non-hydrogen) atoms. The number of piperidine rings is 1. The second-order valence-corrected chi connectivity index (χ2v) is 9.35. The quantitative estimate of drug-likeness (QED) is 0.381. The van der Waals surface area contributed by atoms with Crippen LogP contribution in [0.3, 0.4) is 0 Å². The average Bonchev–Trinajstić information content (AvgIpc) is 3.26.